The Morgan fingerprint density at radius 3 is 2.89 bits per heavy atom. The average Bonchev–Trinajstić information content (AvgIpc) is 2.86. The van der Waals surface area contributed by atoms with E-state index in [1.807, 2.05) is 29.8 Å². The SMILES string of the molecule is CCC(C(N)=O)N1CC(n2cccc2Br)CC1=O. The van der Waals surface area contributed by atoms with Crippen molar-refractivity contribution in [3.8, 4) is 0 Å². The van der Waals surface area contributed by atoms with Gasteiger partial charge >= 0.3 is 0 Å². The van der Waals surface area contributed by atoms with E-state index >= 15 is 0 Å². The minimum Gasteiger partial charge on any atom is -0.368 e. The minimum absolute atomic E-state index is 0.00810. The highest BCUT2D eigenvalue weighted by Crippen LogP contribution is 2.28. The van der Waals surface area contributed by atoms with Gasteiger partial charge in [-0.15, -0.1) is 0 Å². The number of hydrogen-bond donors (Lipinski definition) is 1. The van der Waals surface area contributed by atoms with Crippen LogP contribution in [-0.4, -0.2) is 33.9 Å². The van der Waals surface area contributed by atoms with Gasteiger partial charge in [0.15, 0.2) is 0 Å². The summed E-state index contributed by atoms with van der Waals surface area (Å²) in [5.41, 5.74) is 5.33. The first-order valence-electron chi connectivity index (χ1n) is 5.95. The van der Waals surface area contributed by atoms with E-state index in [-0.39, 0.29) is 11.9 Å². The van der Waals surface area contributed by atoms with Gasteiger partial charge in [0.2, 0.25) is 11.8 Å². The number of hydrogen-bond acceptors (Lipinski definition) is 2. The number of amides is 2. The average molecular weight is 314 g/mol. The molecule has 0 radical (unpaired) electrons. The highest BCUT2D eigenvalue weighted by molar-refractivity contribution is 9.10. The summed E-state index contributed by atoms with van der Waals surface area (Å²) in [5, 5.41) is 0. The number of carbonyl (C=O) groups excluding carboxylic acids is 2. The van der Waals surface area contributed by atoms with Crippen molar-refractivity contribution in [3.63, 3.8) is 0 Å². The van der Waals surface area contributed by atoms with Crippen LogP contribution in [0.15, 0.2) is 22.9 Å². The number of likely N-dealkylation sites (tertiary alicyclic amines) is 1. The van der Waals surface area contributed by atoms with Crippen LogP contribution in [0.3, 0.4) is 0 Å². The first-order chi connectivity index (χ1) is 8.54. The highest BCUT2D eigenvalue weighted by atomic mass is 79.9. The third-order valence-electron chi connectivity index (χ3n) is 3.35. The number of carbonyl (C=O) groups is 2. The van der Waals surface area contributed by atoms with Crippen LogP contribution in [0, 0.1) is 0 Å². The lowest BCUT2D eigenvalue weighted by Crippen LogP contribution is -2.45. The fourth-order valence-electron chi connectivity index (χ4n) is 2.44. The topological polar surface area (TPSA) is 68.3 Å². The van der Waals surface area contributed by atoms with Crippen molar-refractivity contribution in [3.05, 3.63) is 22.9 Å². The summed E-state index contributed by atoms with van der Waals surface area (Å²) in [6, 6.07) is 3.42. The lowest BCUT2D eigenvalue weighted by molar-refractivity contribution is -0.136. The molecule has 5 nitrogen and oxygen atoms in total. The van der Waals surface area contributed by atoms with Gasteiger partial charge in [-0.2, -0.15) is 0 Å². The fourth-order valence-corrected chi connectivity index (χ4v) is 3.00. The Balaban J connectivity index is 2.16. The van der Waals surface area contributed by atoms with Crippen LogP contribution in [0.1, 0.15) is 25.8 Å². The van der Waals surface area contributed by atoms with Gasteiger partial charge < -0.3 is 15.2 Å². The summed E-state index contributed by atoms with van der Waals surface area (Å²) in [4.78, 5) is 24.9. The molecule has 6 heteroatoms. The van der Waals surface area contributed by atoms with E-state index in [4.69, 9.17) is 5.73 Å². The lowest BCUT2D eigenvalue weighted by Gasteiger charge is -2.24. The molecule has 2 unspecified atom stereocenters. The zero-order valence-corrected chi connectivity index (χ0v) is 11.8. The highest BCUT2D eigenvalue weighted by Gasteiger charge is 2.36. The standard InChI is InChI=1S/C12H16BrN3O2/c1-2-9(12(14)18)16-7-8(6-11(16)17)15-5-3-4-10(15)13/h3-5,8-9H,2,6-7H2,1H3,(H2,14,18). The maximum absolute atomic E-state index is 12.0. The maximum Gasteiger partial charge on any atom is 0.240 e. The molecule has 2 heterocycles. The van der Waals surface area contributed by atoms with Crippen LogP contribution >= 0.6 is 15.9 Å². The molecule has 2 amide bonds. The fraction of sp³-hybridized carbons (Fsp3) is 0.500. The van der Waals surface area contributed by atoms with Crippen LogP contribution in [0.5, 0.6) is 0 Å². The molecule has 1 aromatic rings. The van der Waals surface area contributed by atoms with E-state index in [1.54, 1.807) is 4.90 Å². The van der Waals surface area contributed by atoms with Gasteiger partial charge in [0.25, 0.3) is 0 Å². The molecule has 18 heavy (non-hydrogen) atoms. The zero-order chi connectivity index (χ0) is 13.3. The monoisotopic (exact) mass is 313 g/mol. The molecular weight excluding hydrogens is 298 g/mol. The Kier molecular flexibility index (Phi) is 3.75. The van der Waals surface area contributed by atoms with Crippen LogP contribution in [0.25, 0.3) is 0 Å². The van der Waals surface area contributed by atoms with Crippen LogP contribution in [0.4, 0.5) is 0 Å². The molecule has 0 aliphatic carbocycles. The first kappa shape index (κ1) is 13.1. The summed E-state index contributed by atoms with van der Waals surface area (Å²) in [6.07, 6.45) is 2.90. The van der Waals surface area contributed by atoms with E-state index in [0.717, 1.165) is 4.60 Å². The second-order valence-electron chi connectivity index (χ2n) is 4.47. The number of halogens is 1. The maximum atomic E-state index is 12.0. The molecule has 0 aromatic carbocycles. The normalized spacial score (nSPS) is 21.3. The Hall–Kier alpha value is -1.30. The first-order valence-corrected chi connectivity index (χ1v) is 6.75. The molecule has 0 bridgehead atoms. The van der Waals surface area contributed by atoms with Gasteiger partial charge in [-0.05, 0) is 34.5 Å². The Bertz CT molecular complexity index is 472. The molecule has 2 atom stereocenters. The zero-order valence-electron chi connectivity index (χ0n) is 10.2. The van der Waals surface area contributed by atoms with Gasteiger partial charge in [0, 0.05) is 19.2 Å². The van der Waals surface area contributed by atoms with E-state index in [0.29, 0.717) is 19.4 Å². The molecule has 1 aliphatic heterocycles. The molecule has 1 fully saturated rings. The second-order valence-corrected chi connectivity index (χ2v) is 5.28. The van der Waals surface area contributed by atoms with E-state index in [9.17, 15) is 9.59 Å². The summed E-state index contributed by atoms with van der Waals surface area (Å²) < 4.78 is 2.94. The van der Waals surface area contributed by atoms with Crippen LogP contribution in [0.2, 0.25) is 0 Å². The summed E-state index contributed by atoms with van der Waals surface area (Å²) in [7, 11) is 0. The smallest absolute Gasteiger partial charge is 0.240 e. The van der Waals surface area contributed by atoms with Crippen molar-refractivity contribution in [1.29, 1.82) is 0 Å². The van der Waals surface area contributed by atoms with Crippen molar-refractivity contribution in [2.24, 2.45) is 5.73 Å². The largest absolute Gasteiger partial charge is 0.368 e. The van der Waals surface area contributed by atoms with Gasteiger partial charge in [-0.3, -0.25) is 9.59 Å². The Morgan fingerprint density at radius 2 is 2.39 bits per heavy atom. The third kappa shape index (κ3) is 2.29. The summed E-state index contributed by atoms with van der Waals surface area (Å²) in [6.45, 7) is 2.40. The molecule has 1 aromatic heterocycles. The number of aromatic nitrogens is 1. The van der Waals surface area contributed by atoms with Crippen molar-refractivity contribution < 1.29 is 9.59 Å². The predicted molar refractivity (Wildman–Crippen MR) is 70.8 cm³/mol. The molecule has 1 aliphatic rings. The summed E-state index contributed by atoms with van der Waals surface area (Å²) >= 11 is 3.44. The Labute approximate surface area is 114 Å². The molecule has 0 saturated carbocycles. The number of nitrogens with two attached hydrogens (primary N) is 1. The number of primary amides is 1. The Morgan fingerprint density at radius 1 is 1.67 bits per heavy atom. The van der Waals surface area contributed by atoms with E-state index < -0.39 is 11.9 Å². The summed E-state index contributed by atoms with van der Waals surface area (Å²) in [5.74, 6) is -0.440. The van der Waals surface area contributed by atoms with Gasteiger partial charge in [0.1, 0.15) is 6.04 Å². The quantitative estimate of drug-likeness (QED) is 0.910. The van der Waals surface area contributed by atoms with Gasteiger partial charge in [-0.1, -0.05) is 6.92 Å². The molecule has 2 N–H and O–H groups in total. The molecular formula is C12H16BrN3O2. The minimum atomic E-state index is -0.489. The lowest BCUT2D eigenvalue weighted by atomic mass is 10.2. The van der Waals surface area contributed by atoms with Crippen LogP contribution < -0.4 is 5.73 Å². The van der Waals surface area contributed by atoms with Crippen molar-refractivity contribution in [2.75, 3.05) is 6.54 Å². The predicted octanol–water partition coefficient (Wildman–Crippen LogP) is 1.29. The second kappa shape index (κ2) is 5.14. The number of rotatable bonds is 4. The van der Waals surface area contributed by atoms with Crippen LogP contribution in [-0.2, 0) is 9.59 Å². The van der Waals surface area contributed by atoms with E-state index in [2.05, 4.69) is 15.9 Å². The third-order valence-corrected chi connectivity index (χ3v) is 4.02. The van der Waals surface area contributed by atoms with Crippen molar-refractivity contribution in [2.45, 2.75) is 31.8 Å². The van der Waals surface area contributed by atoms with E-state index in [1.165, 1.54) is 0 Å². The molecule has 2 rings (SSSR count). The number of nitrogens with zero attached hydrogens (tertiary/aromatic N) is 2. The van der Waals surface area contributed by atoms with Crippen molar-refractivity contribution >= 4 is 27.7 Å². The van der Waals surface area contributed by atoms with Gasteiger partial charge in [0.05, 0.1) is 10.6 Å². The molecule has 0 spiro atoms. The van der Waals surface area contributed by atoms with Gasteiger partial charge in [-0.25, -0.2) is 0 Å². The molecule has 98 valence electrons. The molecule has 1 saturated heterocycles. The van der Waals surface area contributed by atoms with Crippen molar-refractivity contribution in [1.82, 2.24) is 9.47 Å².